The maximum Gasteiger partial charge on any atom is 0.103 e. The molecule has 0 unspecified atom stereocenters. The number of nitrogens with two attached hydrogens (primary N) is 2. The van der Waals surface area contributed by atoms with Gasteiger partial charge in [0.1, 0.15) is 12.1 Å². The molecule has 112 valence electrons. The molecule has 4 N–H and O–H groups in total. The summed E-state index contributed by atoms with van der Waals surface area (Å²) in [6, 6.07) is 9.70. The number of halogens is 4. The summed E-state index contributed by atoms with van der Waals surface area (Å²) >= 11 is 22.5. The van der Waals surface area contributed by atoms with E-state index in [-0.39, 0.29) is 21.2 Å². The van der Waals surface area contributed by atoms with Gasteiger partial charge in [0, 0.05) is 10.0 Å². The zero-order valence-corrected chi connectivity index (χ0v) is 13.9. The molecule has 0 aliphatic carbocycles. The van der Waals surface area contributed by atoms with E-state index in [9.17, 15) is 0 Å². The summed E-state index contributed by atoms with van der Waals surface area (Å²) in [5, 5.41) is 18.5. The molecule has 0 aliphatic heterocycles. The molecule has 4 nitrogen and oxygen atoms in total. The first kappa shape index (κ1) is 18.2. The highest BCUT2D eigenvalue weighted by molar-refractivity contribution is 6.36. The van der Waals surface area contributed by atoms with E-state index in [1.165, 1.54) is 24.3 Å². The van der Waals surface area contributed by atoms with Crippen molar-refractivity contribution in [2.75, 3.05) is 11.5 Å². The molecule has 2 aromatic carbocycles. The van der Waals surface area contributed by atoms with Gasteiger partial charge in [-0.05, 0) is 24.3 Å². The van der Waals surface area contributed by atoms with E-state index in [1.54, 1.807) is 0 Å². The number of rotatable bonds is 0. The highest BCUT2D eigenvalue weighted by Gasteiger charge is 2.05. The van der Waals surface area contributed by atoms with Crippen molar-refractivity contribution in [1.29, 1.82) is 10.5 Å². The predicted octanol–water partition coefficient (Wildman–Crippen LogP) is 4.89. The highest BCUT2D eigenvalue weighted by atomic mass is 35.5. The van der Waals surface area contributed by atoms with Crippen LogP contribution in [-0.2, 0) is 0 Å². The van der Waals surface area contributed by atoms with Gasteiger partial charge in [0.25, 0.3) is 0 Å². The topological polar surface area (TPSA) is 99.6 Å². The van der Waals surface area contributed by atoms with Gasteiger partial charge in [-0.3, -0.25) is 0 Å². The van der Waals surface area contributed by atoms with E-state index < -0.39 is 0 Å². The van der Waals surface area contributed by atoms with Crippen LogP contribution >= 0.6 is 46.4 Å². The van der Waals surface area contributed by atoms with Crippen molar-refractivity contribution in [3.05, 3.63) is 55.5 Å². The van der Waals surface area contributed by atoms with Crippen LogP contribution in [0.4, 0.5) is 11.4 Å². The summed E-state index contributed by atoms with van der Waals surface area (Å²) in [5.74, 6) is 0. The van der Waals surface area contributed by atoms with E-state index in [1.807, 2.05) is 12.1 Å². The Morgan fingerprint density at radius 1 is 0.682 bits per heavy atom. The second kappa shape index (κ2) is 7.98. The molecule has 22 heavy (non-hydrogen) atoms. The standard InChI is InChI=1S/2C7H4Cl2N2/c2*8-4-1-6(9)5(3-10)7(11)2-4/h2*1-2H,11H2. The number of nitrogen functional groups attached to an aromatic ring is 2. The average molecular weight is 374 g/mol. The van der Waals surface area contributed by atoms with Gasteiger partial charge in [-0.15, -0.1) is 0 Å². The van der Waals surface area contributed by atoms with Crippen molar-refractivity contribution in [3.8, 4) is 12.1 Å². The Morgan fingerprint density at radius 2 is 1.00 bits per heavy atom. The Kier molecular flexibility index (Phi) is 6.61. The van der Waals surface area contributed by atoms with E-state index in [4.69, 9.17) is 68.4 Å². The minimum absolute atomic E-state index is 0.274. The van der Waals surface area contributed by atoms with E-state index in [0.717, 1.165) is 0 Å². The Labute approximate surface area is 147 Å². The minimum Gasteiger partial charge on any atom is -0.398 e. The lowest BCUT2D eigenvalue weighted by Gasteiger charge is -1.99. The first-order valence-electron chi connectivity index (χ1n) is 5.59. The lowest BCUT2D eigenvalue weighted by Crippen LogP contribution is -1.90. The van der Waals surface area contributed by atoms with E-state index in [0.29, 0.717) is 21.4 Å². The molecule has 2 rings (SSSR count). The maximum absolute atomic E-state index is 8.53. The second-order valence-corrected chi connectivity index (χ2v) is 5.61. The summed E-state index contributed by atoms with van der Waals surface area (Å²) in [6.07, 6.45) is 0. The lowest BCUT2D eigenvalue weighted by molar-refractivity contribution is 1.48. The Balaban J connectivity index is 0.000000220. The van der Waals surface area contributed by atoms with Crippen LogP contribution in [-0.4, -0.2) is 0 Å². The van der Waals surface area contributed by atoms with Crippen LogP contribution in [0.3, 0.4) is 0 Å². The average Bonchev–Trinajstić information content (AvgIpc) is 2.38. The normalized spacial score (nSPS) is 9.18. The molecule has 0 aliphatic rings. The minimum atomic E-state index is 0.274. The summed E-state index contributed by atoms with van der Waals surface area (Å²) in [7, 11) is 0. The van der Waals surface area contributed by atoms with Gasteiger partial charge in [0.05, 0.1) is 32.5 Å². The number of benzene rings is 2. The van der Waals surface area contributed by atoms with E-state index >= 15 is 0 Å². The molecule has 8 heteroatoms. The fourth-order valence-corrected chi connectivity index (χ4v) is 2.53. The Bertz CT molecular complexity index is 677. The van der Waals surface area contributed by atoms with Crippen LogP contribution in [0.1, 0.15) is 11.1 Å². The molecule has 0 amide bonds. The third-order valence-electron chi connectivity index (χ3n) is 2.39. The summed E-state index contributed by atoms with van der Waals surface area (Å²) < 4.78 is 0. The molecule has 0 radical (unpaired) electrons. The predicted molar refractivity (Wildman–Crippen MR) is 91.2 cm³/mol. The van der Waals surface area contributed by atoms with Gasteiger partial charge in [0.2, 0.25) is 0 Å². The Morgan fingerprint density at radius 3 is 1.23 bits per heavy atom. The van der Waals surface area contributed by atoms with Crippen molar-refractivity contribution in [2.24, 2.45) is 0 Å². The molecule has 0 fully saturated rings. The number of hydrogen-bond acceptors (Lipinski definition) is 4. The molecule has 0 atom stereocenters. The van der Waals surface area contributed by atoms with Crippen LogP contribution in [0, 0.1) is 22.7 Å². The van der Waals surface area contributed by atoms with Crippen molar-refractivity contribution in [1.82, 2.24) is 0 Å². The van der Waals surface area contributed by atoms with Gasteiger partial charge >= 0.3 is 0 Å². The lowest BCUT2D eigenvalue weighted by atomic mass is 10.2. The fourth-order valence-electron chi connectivity index (χ4n) is 1.42. The van der Waals surface area contributed by atoms with E-state index in [2.05, 4.69) is 0 Å². The molecular formula is C14H8Cl4N4. The van der Waals surface area contributed by atoms with Crippen LogP contribution < -0.4 is 11.5 Å². The summed E-state index contributed by atoms with van der Waals surface area (Å²) in [4.78, 5) is 0. The molecule has 0 saturated heterocycles. The van der Waals surface area contributed by atoms with Gasteiger partial charge in [-0.1, -0.05) is 46.4 Å². The summed E-state index contributed by atoms with van der Waals surface area (Å²) in [6.45, 7) is 0. The van der Waals surface area contributed by atoms with Gasteiger partial charge < -0.3 is 11.5 Å². The van der Waals surface area contributed by atoms with Gasteiger partial charge in [-0.2, -0.15) is 10.5 Å². The third kappa shape index (κ3) is 4.59. The monoisotopic (exact) mass is 372 g/mol. The molecule has 0 bridgehead atoms. The molecular weight excluding hydrogens is 366 g/mol. The quantitative estimate of drug-likeness (QED) is 0.641. The van der Waals surface area contributed by atoms with Gasteiger partial charge in [0.15, 0.2) is 0 Å². The molecule has 0 spiro atoms. The molecule has 2 aromatic rings. The van der Waals surface area contributed by atoms with Gasteiger partial charge in [-0.25, -0.2) is 0 Å². The van der Waals surface area contributed by atoms with Crippen molar-refractivity contribution < 1.29 is 0 Å². The number of nitrogens with zero attached hydrogens (tertiary/aromatic N) is 2. The highest BCUT2D eigenvalue weighted by Crippen LogP contribution is 2.26. The van der Waals surface area contributed by atoms with Crippen molar-refractivity contribution >= 4 is 57.8 Å². The number of hydrogen-bond donors (Lipinski definition) is 2. The SMILES string of the molecule is N#Cc1c(N)cc(Cl)cc1Cl.N#Cc1c(N)cc(Cl)cc1Cl. The molecule has 0 aromatic heterocycles. The first-order chi connectivity index (χ1) is 10.3. The number of nitriles is 2. The zero-order valence-electron chi connectivity index (χ0n) is 10.9. The molecule has 0 saturated carbocycles. The van der Waals surface area contributed by atoms with Crippen LogP contribution in [0.25, 0.3) is 0 Å². The third-order valence-corrected chi connectivity index (χ3v) is 3.43. The smallest absolute Gasteiger partial charge is 0.103 e. The second-order valence-electron chi connectivity index (χ2n) is 3.93. The fraction of sp³-hybridized carbons (Fsp3) is 0. The number of anilines is 2. The van der Waals surface area contributed by atoms with Crippen molar-refractivity contribution in [2.45, 2.75) is 0 Å². The maximum atomic E-state index is 8.53. The van der Waals surface area contributed by atoms with Crippen LogP contribution in [0.15, 0.2) is 24.3 Å². The van der Waals surface area contributed by atoms with Crippen LogP contribution in [0.5, 0.6) is 0 Å². The van der Waals surface area contributed by atoms with Crippen molar-refractivity contribution in [3.63, 3.8) is 0 Å². The zero-order chi connectivity index (χ0) is 16.9. The van der Waals surface area contributed by atoms with Crippen LogP contribution in [0.2, 0.25) is 20.1 Å². The molecule has 0 heterocycles. The summed E-state index contributed by atoms with van der Waals surface area (Å²) in [5.41, 5.74) is 12.1. The Hall–Kier alpha value is -1.82. The largest absolute Gasteiger partial charge is 0.398 e. The first-order valence-corrected chi connectivity index (χ1v) is 7.10.